The molecule has 2 N–H and O–H groups in total. The number of nitrogens with two attached hydrogens (primary N) is 1. The summed E-state index contributed by atoms with van der Waals surface area (Å²) in [6, 6.07) is 22.6. The fourth-order valence-electron chi connectivity index (χ4n) is 2.62. The number of aliphatic imine (C=N–C) groups is 1. The van der Waals surface area contributed by atoms with E-state index in [0.29, 0.717) is 5.96 Å². The van der Waals surface area contributed by atoms with Gasteiger partial charge >= 0.3 is 0 Å². The lowest BCUT2D eigenvalue weighted by Crippen LogP contribution is -3.00. The number of rotatable bonds is 3. The standard InChI is InChI=1S/C20H21N3.ClH/c1-3-15-8-6-11-17(14-15)23(2)20(21)22-19-13-7-10-16-9-4-5-12-18(16)19;/h4-14H,3H2,1-2H3,(H2,21,22);1H/p-1. The summed E-state index contributed by atoms with van der Waals surface area (Å²) in [4.78, 5) is 6.56. The van der Waals surface area contributed by atoms with Crippen molar-refractivity contribution in [1.29, 1.82) is 0 Å². The number of hydrogen-bond donors (Lipinski definition) is 1. The number of nitrogens with zero attached hydrogens (tertiary/aromatic N) is 2. The molecule has 0 radical (unpaired) electrons. The Bertz CT molecular complexity index is 853. The molecule has 0 heterocycles. The van der Waals surface area contributed by atoms with E-state index in [1.807, 2.05) is 42.3 Å². The van der Waals surface area contributed by atoms with Gasteiger partial charge in [-0.15, -0.1) is 0 Å². The minimum atomic E-state index is 0. The predicted octanol–water partition coefficient (Wildman–Crippen LogP) is 1.49. The minimum Gasteiger partial charge on any atom is -1.00 e. The van der Waals surface area contributed by atoms with Crippen LogP contribution in [0.4, 0.5) is 11.4 Å². The average molecular weight is 339 g/mol. The van der Waals surface area contributed by atoms with E-state index >= 15 is 0 Å². The number of aryl methyl sites for hydroxylation is 1. The van der Waals surface area contributed by atoms with Crippen LogP contribution in [0, 0.1) is 0 Å². The SMILES string of the molecule is CCc1cccc(N(C)C(N)=Nc2cccc3ccccc23)c1.[Cl-]. The normalized spacial score (nSPS) is 11.2. The number of halogens is 1. The van der Waals surface area contributed by atoms with E-state index in [1.54, 1.807) is 0 Å². The highest BCUT2D eigenvalue weighted by Crippen LogP contribution is 2.26. The molecule has 0 aliphatic heterocycles. The van der Waals surface area contributed by atoms with E-state index in [1.165, 1.54) is 5.56 Å². The molecule has 0 atom stereocenters. The van der Waals surface area contributed by atoms with Crippen LogP contribution in [0.3, 0.4) is 0 Å². The van der Waals surface area contributed by atoms with Gasteiger partial charge in [0.25, 0.3) is 0 Å². The number of fused-ring (bicyclic) bond motifs is 1. The van der Waals surface area contributed by atoms with Gasteiger partial charge in [0.05, 0.1) is 5.69 Å². The highest BCUT2D eigenvalue weighted by molar-refractivity contribution is 6.00. The summed E-state index contributed by atoms with van der Waals surface area (Å²) < 4.78 is 0. The van der Waals surface area contributed by atoms with Crippen molar-refractivity contribution in [3.63, 3.8) is 0 Å². The van der Waals surface area contributed by atoms with Gasteiger partial charge in [-0.2, -0.15) is 0 Å². The zero-order chi connectivity index (χ0) is 16.2. The molecule has 0 amide bonds. The molecule has 3 nitrogen and oxygen atoms in total. The van der Waals surface area contributed by atoms with E-state index in [2.05, 4.69) is 48.3 Å². The molecule has 0 fully saturated rings. The van der Waals surface area contributed by atoms with E-state index in [0.717, 1.165) is 28.6 Å². The van der Waals surface area contributed by atoms with Crippen LogP contribution >= 0.6 is 0 Å². The number of benzene rings is 3. The van der Waals surface area contributed by atoms with Crippen molar-refractivity contribution in [3.8, 4) is 0 Å². The lowest BCUT2D eigenvalue weighted by atomic mass is 10.1. The third-order valence-electron chi connectivity index (χ3n) is 4.05. The van der Waals surface area contributed by atoms with Crippen LogP contribution in [0.5, 0.6) is 0 Å². The first-order valence-corrected chi connectivity index (χ1v) is 7.83. The second kappa shape index (κ2) is 7.84. The molecule has 0 saturated carbocycles. The van der Waals surface area contributed by atoms with Crippen molar-refractivity contribution in [2.45, 2.75) is 13.3 Å². The van der Waals surface area contributed by atoms with Crippen LogP contribution in [0.2, 0.25) is 0 Å². The summed E-state index contributed by atoms with van der Waals surface area (Å²) in [5.74, 6) is 0.481. The molecule has 124 valence electrons. The molecule has 3 rings (SSSR count). The Morgan fingerprint density at radius 3 is 2.50 bits per heavy atom. The van der Waals surface area contributed by atoms with Crippen LogP contribution in [-0.4, -0.2) is 13.0 Å². The minimum absolute atomic E-state index is 0. The summed E-state index contributed by atoms with van der Waals surface area (Å²) in [5.41, 5.74) is 9.46. The monoisotopic (exact) mass is 338 g/mol. The second-order valence-electron chi connectivity index (χ2n) is 5.55. The highest BCUT2D eigenvalue weighted by atomic mass is 35.5. The Hall–Kier alpha value is -2.52. The molecule has 4 heteroatoms. The number of anilines is 1. The van der Waals surface area contributed by atoms with Crippen molar-refractivity contribution >= 4 is 28.1 Å². The van der Waals surface area contributed by atoms with Gasteiger partial charge in [-0.25, -0.2) is 4.99 Å². The number of hydrogen-bond acceptors (Lipinski definition) is 1. The maximum absolute atomic E-state index is 6.24. The molecule has 0 saturated heterocycles. The average Bonchev–Trinajstić information content (AvgIpc) is 2.61. The maximum Gasteiger partial charge on any atom is 0.200 e. The topological polar surface area (TPSA) is 41.6 Å². The smallest absolute Gasteiger partial charge is 0.200 e. The molecule has 0 aromatic heterocycles. The maximum atomic E-state index is 6.24. The van der Waals surface area contributed by atoms with Gasteiger partial charge in [0.15, 0.2) is 0 Å². The Morgan fingerprint density at radius 2 is 1.71 bits per heavy atom. The van der Waals surface area contributed by atoms with Crippen molar-refractivity contribution < 1.29 is 12.4 Å². The lowest BCUT2D eigenvalue weighted by molar-refractivity contribution is -0.00000477. The zero-order valence-corrected chi connectivity index (χ0v) is 14.7. The van der Waals surface area contributed by atoms with Crippen LogP contribution in [-0.2, 0) is 6.42 Å². The Morgan fingerprint density at radius 1 is 1.00 bits per heavy atom. The fraction of sp³-hybridized carbons (Fsp3) is 0.150. The van der Waals surface area contributed by atoms with Crippen molar-refractivity contribution in [2.75, 3.05) is 11.9 Å². The first-order chi connectivity index (χ1) is 11.2. The largest absolute Gasteiger partial charge is 1.00 e. The molecular formula is C20H21ClN3-. The third-order valence-corrected chi connectivity index (χ3v) is 4.05. The Kier molecular flexibility index (Phi) is 5.83. The van der Waals surface area contributed by atoms with E-state index < -0.39 is 0 Å². The molecule has 0 aliphatic rings. The van der Waals surface area contributed by atoms with Crippen molar-refractivity contribution in [2.24, 2.45) is 10.7 Å². The van der Waals surface area contributed by atoms with Crippen LogP contribution < -0.4 is 23.0 Å². The van der Waals surface area contributed by atoms with Gasteiger partial charge in [-0.05, 0) is 35.6 Å². The Labute approximate surface area is 149 Å². The Balaban J connectivity index is 0.00000208. The zero-order valence-electron chi connectivity index (χ0n) is 13.9. The lowest BCUT2D eigenvalue weighted by Gasteiger charge is -2.19. The molecule has 0 unspecified atom stereocenters. The van der Waals surface area contributed by atoms with E-state index in [-0.39, 0.29) is 12.4 Å². The second-order valence-corrected chi connectivity index (χ2v) is 5.55. The fourth-order valence-corrected chi connectivity index (χ4v) is 2.62. The summed E-state index contributed by atoms with van der Waals surface area (Å²) in [5, 5.41) is 2.27. The molecular weight excluding hydrogens is 318 g/mol. The van der Waals surface area contributed by atoms with Gasteiger partial charge < -0.3 is 23.0 Å². The van der Waals surface area contributed by atoms with E-state index in [4.69, 9.17) is 5.73 Å². The summed E-state index contributed by atoms with van der Waals surface area (Å²) in [7, 11) is 1.94. The number of guanidine groups is 1. The molecule has 0 aliphatic carbocycles. The highest BCUT2D eigenvalue weighted by Gasteiger charge is 2.07. The molecule has 3 aromatic rings. The summed E-state index contributed by atoms with van der Waals surface area (Å²) >= 11 is 0. The molecule has 3 aromatic carbocycles. The quantitative estimate of drug-likeness (QED) is 0.580. The summed E-state index contributed by atoms with van der Waals surface area (Å²) in [6.45, 7) is 2.15. The third kappa shape index (κ3) is 3.69. The van der Waals surface area contributed by atoms with Gasteiger partial charge in [-0.1, -0.05) is 55.5 Å². The molecule has 0 spiro atoms. The van der Waals surface area contributed by atoms with Crippen LogP contribution in [0.1, 0.15) is 12.5 Å². The van der Waals surface area contributed by atoms with Crippen molar-refractivity contribution in [1.82, 2.24) is 0 Å². The van der Waals surface area contributed by atoms with Gasteiger partial charge in [0, 0.05) is 18.1 Å². The summed E-state index contributed by atoms with van der Waals surface area (Å²) in [6.07, 6.45) is 1.00. The molecule has 0 bridgehead atoms. The van der Waals surface area contributed by atoms with Gasteiger partial charge in [0.2, 0.25) is 5.96 Å². The van der Waals surface area contributed by atoms with Gasteiger partial charge in [0.1, 0.15) is 0 Å². The van der Waals surface area contributed by atoms with Crippen molar-refractivity contribution in [3.05, 3.63) is 72.3 Å². The first kappa shape index (κ1) is 17.8. The van der Waals surface area contributed by atoms with Crippen LogP contribution in [0.15, 0.2) is 71.7 Å². The van der Waals surface area contributed by atoms with Crippen LogP contribution in [0.25, 0.3) is 10.8 Å². The predicted molar refractivity (Wildman–Crippen MR) is 99.5 cm³/mol. The first-order valence-electron chi connectivity index (χ1n) is 7.83. The van der Waals surface area contributed by atoms with Gasteiger partial charge in [-0.3, -0.25) is 0 Å². The molecule has 24 heavy (non-hydrogen) atoms. The van der Waals surface area contributed by atoms with E-state index in [9.17, 15) is 0 Å².